The van der Waals surface area contributed by atoms with Crippen molar-refractivity contribution in [3.05, 3.63) is 77.9 Å². The number of anilines is 1. The standard InChI is InChI=1S/C35H46N8O4/c1-3-31(44)39-29(35(47)43-20-18-42(19-21-43)24-26-8-7-16-36-23-26)22-25-11-13-28(14-12-25)38-34(46)32(27-9-5-4-6-10-27)40-33(45)30-15-17-37-41(30)2/h7-8,11-17,23,27,29,32H,3-6,9-10,18-22,24H2,1-2H3,(H,38,46)(H,39,44)(H,40,45). The minimum atomic E-state index is -0.689. The zero-order valence-electron chi connectivity index (χ0n) is 27.4. The largest absolute Gasteiger partial charge is 0.344 e. The van der Waals surface area contributed by atoms with Crippen molar-refractivity contribution in [2.45, 2.75) is 70.5 Å². The molecule has 3 N–H and O–H groups in total. The molecule has 2 unspecified atom stereocenters. The second kappa shape index (κ2) is 16.3. The van der Waals surface area contributed by atoms with Gasteiger partial charge in [-0.25, -0.2) is 0 Å². The van der Waals surface area contributed by atoms with Gasteiger partial charge in [-0.1, -0.05) is 44.4 Å². The van der Waals surface area contributed by atoms with Gasteiger partial charge in [0, 0.05) is 76.9 Å². The minimum Gasteiger partial charge on any atom is -0.344 e. The van der Waals surface area contributed by atoms with Gasteiger partial charge in [0.15, 0.2) is 0 Å². The summed E-state index contributed by atoms with van der Waals surface area (Å²) < 4.78 is 1.49. The van der Waals surface area contributed by atoms with Gasteiger partial charge in [0.2, 0.25) is 17.7 Å². The molecule has 2 fully saturated rings. The van der Waals surface area contributed by atoms with Crippen LogP contribution in [0, 0.1) is 5.92 Å². The van der Waals surface area contributed by atoms with Gasteiger partial charge in [0.05, 0.1) is 0 Å². The highest BCUT2D eigenvalue weighted by Gasteiger charge is 2.32. The third-order valence-electron chi connectivity index (χ3n) is 9.17. The van der Waals surface area contributed by atoms with Crippen molar-refractivity contribution in [1.82, 2.24) is 35.2 Å². The molecule has 2 atom stereocenters. The second-order valence-corrected chi connectivity index (χ2v) is 12.5. The zero-order valence-corrected chi connectivity index (χ0v) is 27.4. The summed E-state index contributed by atoms with van der Waals surface area (Å²) in [6.45, 7) is 5.21. The number of nitrogens with zero attached hydrogens (tertiary/aromatic N) is 5. The van der Waals surface area contributed by atoms with Crippen LogP contribution in [0.5, 0.6) is 0 Å². The number of piperazine rings is 1. The van der Waals surface area contributed by atoms with Crippen molar-refractivity contribution in [3.63, 3.8) is 0 Å². The lowest BCUT2D eigenvalue weighted by Crippen LogP contribution is -2.55. The molecule has 3 heterocycles. The van der Waals surface area contributed by atoms with E-state index in [4.69, 9.17) is 0 Å². The molecule has 1 aliphatic carbocycles. The Hall–Kier alpha value is -4.58. The molecule has 1 saturated heterocycles. The average molecular weight is 643 g/mol. The molecule has 0 bridgehead atoms. The average Bonchev–Trinajstić information content (AvgIpc) is 3.54. The Morgan fingerprint density at radius 3 is 2.28 bits per heavy atom. The molecule has 1 aromatic carbocycles. The van der Waals surface area contributed by atoms with Crippen LogP contribution in [0.3, 0.4) is 0 Å². The number of hydrogen-bond donors (Lipinski definition) is 3. The molecule has 5 rings (SSSR count). The van der Waals surface area contributed by atoms with E-state index in [2.05, 4.69) is 37.0 Å². The maximum Gasteiger partial charge on any atom is 0.270 e. The predicted octanol–water partition coefficient (Wildman–Crippen LogP) is 2.91. The van der Waals surface area contributed by atoms with E-state index in [1.807, 2.05) is 29.3 Å². The molecule has 1 aliphatic heterocycles. The van der Waals surface area contributed by atoms with Crippen LogP contribution in [-0.4, -0.2) is 86.5 Å². The van der Waals surface area contributed by atoms with E-state index in [1.54, 1.807) is 44.6 Å². The van der Waals surface area contributed by atoms with Crippen LogP contribution in [0.15, 0.2) is 61.1 Å². The van der Waals surface area contributed by atoms with E-state index in [0.717, 1.165) is 62.9 Å². The lowest BCUT2D eigenvalue weighted by molar-refractivity contribution is -0.138. The molecular formula is C35H46N8O4. The number of aromatic nitrogens is 3. The molecule has 12 heteroatoms. The zero-order chi connectivity index (χ0) is 33.2. The van der Waals surface area contributed by atoms with Gasteiger partial charge in [-0.3, -0.25) is 33.7 Å². The predicted molar refractivity (Wildman–Crippen MR) is 178 cm³/mol. The van der Waals surface area contributed by atoms with Gasteiger partial charge in [-0.2, -0.15) is 5.10 Å². The maximum atomic E-state index is 13.6. The first kappa shape index (κ1) is 33.8. The van der Waals surface area contributed by atoms with Gasteiger partial charge in [-0.15, -0.1) is 0 Å². The molecule has 4 amide bonds. The third kappa shape index (κ3) is 9.25. The fourth-order valence-corrected chi connectivity index (χ4v) is 6.45. The van der Waals surface area contributed by atoms with Gasteiger partial charge < -0.3 is 20.9 Å². The summed E-state index contributed by atoms with van der Waals surface area (Å²) >= 11 is 0. The van der Waals surface area contributed by atoms with Gasteiger partial charge >= 0.3 is 0 Å². The van der Waals surface area contributed by atoms with E-state index in [1.165, 1.54) is 4.68 Å². The third-order valence-corrected chi connectivity index (χ3v) is 9.17. The quantitative estimate of drug-likeness (QED) is 0.276. The van der Waals surface area contributed by atoms with Crippen molar-refractivity contribution < 1.29 is 19.2 Å². The second-order valence-electron chi connectivity index (χ2n) is 12.5. The number of aryl methyl sites for hydroxylation is 1. The van der Waals surface area contributed by atoms with Crippen molar-refractivity contribution in [2.24, 2.45) is 13.0 Å². The molecule has 0 radical (unpaired) electrons. The van der Waals surface area contributed by atoms with Crippen LogP contribution in [0.1, 0.15) is 67.1 Å². The molecule has 12 nitrogen and oxygen atoms in total. The van der Waals surface area contributed by atoms with Crippen LogP contribution in [-0.2, 0) is 34.4 Å². The van der Waals surface area contributed by atoms with Crippen molar-refractivity contribution in [3.8, 4) is 0 Å². The van der Waals surface area contributed by atoms with Crippen molar-refractivity contribution >= 4 is 29.3 Å². The number of nitrogens with one attached hydrogen (secondary N) is 3. The molecule has 0 spiro atoms. The molecule has 2 aromatic heterocycles. The van der Waals surface area contributed by atoms with E-state index >= 15 is 0 Å². The molecule has 2 aliphatic rings. The van der Waals surface area contributed by atoms with Crippen LogP contribution >= 0.6 is 0 Å². The van der Waals surface area contributed by atoms with E-state index < -0.39 is 12.1 Å². The minimum absolute atomic E-state index is 0.0476. The first-order valence-corrected chi connectivity index (χ1v) is 16.7. The highest BCUT2D eigenvalue weighted by molar-refractivity contribution is 6.00. The Labute approximate surface area is 276 Å². The summed E-state index contributed by atoms with van der Waals surface area (Å²) in [6, 6.07) is 11.6. The Morgan fingerprint density at radius 1 is 0.894 bits per heavy atom. The summed E-state index contributed by atoms with van der Waals surface area (Å²) in [7, 11) is 1.70. The first-order valence-electron chi connectivity index (χ1n) is 16.7. The summed E-state index contributed by atoms with van der Waals surface area (Å²) in [5, 5.41) is 13.0. The molecule has 1 saturated carbocycles. The van der Waals surface area contributed by atoms with Crippen LogP contribution in [0.2, 0.25) is 0 Å². The number of carbonyl (C=O) groups is 4. The van der Waals surface area contributed by atoms with Crippen LogP contribution < -0.4 is 16.0 Å². The summed E-state index contributed by atoms with van der Waals surface area (Å²) in [4.78, 5) is 61.0. The summed E-state index contributed by atoms with van der Waals surface area (Å²) in [5.74, 6) is -0.808. The molecule has 3 aromatic rings. The van der Waals surface area contributed by atoms with Crippen molar-refractivity contribution in [2.75, 3.05) is 31.5 Å². The summed E-state index contributed by atoms with van der Waals surface area (Å²) in [5.41, 5.74) is 2.99. The van der Waals surface area contributed by atoms with E-state index in [0.29, 0.717) is 30.9 Å². The van der Waals surface area contributed by atoms with Crippen molar-refractivity contribution in [1.29, 1.82) is 0 Å². The number of rotatable bonds is 12. The lowest BCUT2D eigenvalue weighted by atomic mass is 9.83. The Kier molecular flexibility index (Phi) is 11.7. The maximum absolute atomic E-state index is 13.6. The highest BCUT2D eigenvalue weighted by atomic mass is 16.2. The number of benzene rings is 1. The van der Waals surface area contributed by atoms with Crippen LogP contribution in [0.4, 0.5) is 5.69 Å². The van der Waals surface area contributed by atoms with E-state index in [9.17, 15) is 19.2 Å². The highest BCUT2D eigenvalue weighted by Crippen LogP contribution is 2.27. The SMILES string of the molecule is CCC(=O)NC(Cc1ccc(NC(=O)C(NC(=O)c2ccnn2C)C2CCCCC2)cc1)C(=O)N1CCN(Cc2cccnc2)CC1. The van der Waals surface area contributed by atoms with Gasteiger partial charge in [-0.05, 0) is 54.2 Å². The normalized spacial score (nSPS) is 17.0. The Bertz CT molecular complexity index is 1500. The fraction of sp³-hybridized carbons (Fsp3) is 0.486. The molecule has 250 valence electrons. The molecule has 47 heavy (non-hydrogen) atoms. The van der Waals surface area contributed by atoms with Crippen LogP contribution in [0.25, 0.3) is 0 Å². The van der Waals surface area contributed by atoms with Gasteiger partial charge in [0.25, 0.3) is 5.91 Å². The number of pyridine rings is 1. The number of amides is 4. The number of hydrogen-bond acceptors (Lipinski definition) is 7. The Balaban J connectivity index is 1.20. The first-order chi connectivity index (χ1) is 22.8. The number of carbonyl (C=O) groups excluding carboxylic acids is 4. The fourth-order valence-electron chi connectivity index (χ4n) is 6.45. The smallest absolute Gasteiger partial charge is 0.270 e. The monoisotopic (exact) mass is 642 g/mol. The summed E-state index contributed by atoms with van der Waals surface area (Å²) in [6.07, 6.45) is 10.7. The van der Waals surface area contributed by atoms with Gasteiger partial charge in [0.1, 0.15) is 17.8 Å². The lowest BCUT2D eigenvalue weighted by Gasteiger charge is -2.36. The van der Waals surface area contributed by atoms with E-state index in [-0.39, 0.29) is 36.0 Å². The Morgan fingerprint density at radius 2 is 1.64 bits per heavy atom. The topological polar surface area (TPSA) is 142 Å². The molecular weight excluding hydrogens is 596 g/mol.